The second-order valence-corrected chi connectivity index (χ2v) is 5.05. The lowest BCUT2D eigenvalue weighted by atomic mass is 10.2. The highest BCUT2D eigenvalue weighted by Crippen LogP contribution is 2.23. The molecule has 0 saturated carbocycles. The molecule has 0 bridgehead atoms. The molecule has 2 rings (SSSR count). The molecular formula is C15H13BrF2O2. The Kier molecular flexibility index (Phi) is 5.09. The number of halogens is 3. The second kappa shape index (κ2) is 6.81. The van der Waals surface area contributed by atoms with Crippen LogP contribution in [0.4, 0.5) is 8.78 Å². The van der Waals surface area contributed by atoms with E-state index < -0.39 is 11.6 Å². The maximum atomic E-state index is 13.8. The van der Waals surface area contributed by atoms with Gasteiger partial charge < -0.3 is 9.47 Å². The molecule has 0 saturated heterocycles. The predicted octanol–water partition coefficient (Wildman–Crippen LogP) is 4.45. The lowest BCUT2D eigenvalue weighted by molar-refractivity contribution is 0.184. The summed E-state index contributed by atoms with van der Waals surface area (Å²) in [7, 11) is 1.60. The largest absolute Gasteiger partial charge is 0.489 e. The summed E-state index contributed by atoms with van der Waals surface area (Å²) in [5.74, 6) is -0.727. The van der Waals surface area contributed by atoms with Crippen LogP contribution in [0.5, 0.6) is 5.75 Å². The first-order valence-corrected chi connectivity index (χ1v) is 6.74. The topological polar surface area (TPSA) is 18.5 Å². The fourth-order valence-corrected chi connectivity index (χ4v) is 2.12. The van der Waals surface area contributed by atoms with Crippen molar-refractivity contribution in [3.05, 3.63) is 63.6 Å². The summed E-state index contributed by atoms with van der Waals surface area (Å²) in [6, 6.07) is 9.72. The Morgan fingerprint density at radius 2 is 1.90 bits per heavy atom. The molecule has 2 nitrogen and oxygen atoms in total. The van der Waals surface area contributed by atoms with E-state index in [1.807, 2.05) is 6.07 Å². The number of ether oxygens (including phenoxy) is 2. The van der Waals surface area contributed by atoms with Gasteiger partial charge in [-0.1, -0.05) is 12.1 Å². The maximum absolute atomic E-state index is 13.8. The number of rotatable bonds is 5. The normalized spacial score (nSPS) is 10.6. The average Bonchev–Trinajstić information content (AvgIpc) is 2.44. The highest BCUT2D eigenvalue weighted by molar-refractivity contribution is 9.10. The molecule has 20 heavy (non-hydrogen) atoms. The Labute approximate surface area is 124 Å². The molecule has 0 radical (unpaired) electrons. The SMILES string of the molecule is COCc1cccc(OCc2c(F)ccc(Br)c2F)c1. The standard InChI is InChI=1S/C15H13BrF2O2/c1-19-8-10-3-2-4-11(7-10)20-9-12-14(17)6-5-13(16)15(12)18/h2-7H,8-9H2,1H3. The molecule has 0 aliphatic carbocycles. The molecule has 0 aliphatic heterocycles. The first-order chi connectivity index (χ1) is 9.61. The third kappa shape index (κ3) is 3.55. The molecule has 106 valence electrons. The third-order valence-corrected chi connectivity index (χ3v) is 3.34. The van der Waals surface area contributed by atoms with Crippen LogP contribution in [0.15, 0.2) is 40.9 Å². The van der Waals surface area contributed by atoms with Gasteiger partial charge in [-0.3, -0.25) is 0 Å². The Morgan fingerprint density at radius 3 is 2.65 bits per heavy atom. The van der Waals surface area contributed by atoms with Crippen molar-refractivity contribution in [3.8, 4) is 5.75 Å². The van der Waals surface area contributed by atoms with Crippen molar-refractivity contribution in [3.63, 3.8) is 0 Å². The number of methoxy groups -OCH3 is 1. The highest BCUT2D eigenvalue weighted by atomic mass is 79.9. The van der Waals surface area contributed by atoms with Gasteiger partial charge in [-0.2, -0.15) is 0 Å². The van der Waals surface area contributed by atoms with Crippen molar-refractivity contribution >= 4 is 15.9 Å². The predicted molar refractivity (Wildman–Crippen MR) is 75.5 cm³/mol. The van der Waals surface area contributed by atoms with Crippen molar-refractivity contribution in [2.45, 2.75) is 13.2 Å². The zero-order valence-electron chi connectivity index (χ0n) is 10.8. The molecule has 0 fully saturated rings. The van der Waals surface area contributed by atoms with Gasteiger partial charge in [0.15, 0.2) is 0 Å². The minimum atomic E-state index is -0.641. The molecule has 0 unspecified atom stereocenters. The number of benzene rings is 2. The van der Waals surface area contributed by atoms with E-state index in [1.54, 1.807) is 25.3 Å². The van der Waals surface area contributed by atoms with Crippen LogP contribution >= 0.6 is 15.9 Å². The molecule has 2 aromatic rings. The van der Waals surface area contributed by atoms with Gasteiger partial charge in [0.25, 0.3) is 0 Å². The smallest absolute Gasteiger partial charge is 0.146 e. The summed E-state index contributed by atoms with van der Waals surface area (Å²) in [4.78, 5) is 0. The lowest BCUT2D eigenvalue weighted by Gasteiger charge is -2.10. The van der Waals surface area contributed by atoms with Crippen LogP contribution in [0.25, 0.3) is 0 Å². The first-order valence-electron chi connectivity index (χ1n) is 5.95. The molecule has 0 heterocycles. The van der Waals surface area contributed by atoms with E-state index in [-0.39, 0.29) is 16.6 Å². The van der Waals surface area contributed by atoms with Gasteiger partial charge in [-0.25, -0.2) is 8.78 Å². The Hall–Kier alpha value is -1.46. The first kappa shape index (κ1) is 14.9. The van der Waals surface area contributed by atoms with E-state index in [0.29, 0.717) is 12.4 Å². The van der Waals surface area contributed by atoms with Crippen LogP contribution in [-0.2, 0) is 18.0 Å². The summed E-state index contributed by atoms with van der Waals surface area (Å²) in [6.07, 6.45) is 0. The molecule has 0 N–H and O–H groups in total. The summed E-state index contributed by atoms with van der Waals surface area (Å²) in [6.45, 7) is 0.282. The van der Waals surface area contributed by atoms with E-state index in [4.69, 9.17) is 9.47 Å². The van der Waals surface area contributed by atoms with Gasteiger partial charge in [0.2, 0.25) is 0 Å². The molecule has 0 atom stereocenters. The van der Waals surface area contributed by atoms with Crippen LogP contribution in [0.2, 0.25) is 0 Å². The van der Waals surface area contributed by atoms with Crippen LogP contribution in [0.1, 0.15) is 11.1 Å². The average molecular weight is 343 g/mol. The second-order valence-electron chi connectivity index (χ2n) is 4.19. The summed E-state index contributed by atoms with van der Waals surface area (Å²) in [5.41, 5.74) is 0.830. The van der Waals surface area contributed by atoms with Crippen LogP contribution in [0, 0.1) is 11.6 Å². The van der Waals surface area contributed by atoms with Gasteiger partial charge in [-0.15, -0.1) is 0 Å². The monoisotopic (exact) mass is 342 g/mol. The molecule has 2 aromatic carbocycles. The van der Waals surface area contributed by atoms with Gasteiger partial charge in [0, 0.05) is 7.11 Å². The lowest BCUT2D eigenvalue weighted by Crippen LogP contribution is -2.03. The van der Waals surface area contributed by atoms with Crippen LogP contribution in [-0.4, -0.2) is 7.11 Å². The Morgan fingerprint density at radius 1 is 1.10 bits per heavy atom. The molecule has 0 aliphatic rings. The summed E-state index contributed by atoms with van der Waals surface area (Å²) in [5, 5.41) is 0. The minimum Gasteiger partial charge on any atom is -0.489 e. The van der Waals surface area contributed by atoms with Gasteiger partial charge in [0.05, 0.1) is 16.6 Å². The van der Waals surface area contributed by atoms with E-state index in [1.165, 1.54) is 12.1 Å². The highest BCUT2D eigenvalue weighted by Gasteiger charge is 2.13. The van der Waals surface area contributed by atoms with Gasteiger partial charge >= 0.3 is 0 Å². The van der Waals surface area contributed by atoms with Gasteiger partial charge in [0.1, 0.15) is 24.0 Å². The zero-order chi connectivity index (χ0) is 14.5. The summed E-state index contributed by atoms with van der Waals surface area (Å²) < 4.78 is 38.0. The summed E-state index contributed by atoms with van der Waals surface area (Å²) >= 11 is 3.02. The van der Waals surface area contributed by atoms with E-state index in [2.05, 4.69) is 15.9 Å². The Balaban J connectivity index is 2.13. The van der Waals surface area contributed by atoms with Crippen molar-refractivity contribution in [2.75, 3.05) is 7.11 Å². The van der Waals surface area contributed by atoms with Crippen molar-refractivity contribution in [2.24, 2.45) is 0 Å². The van der Waals surface area contributed by atoms with E-state index in [9.17, 15) is 8.78 Å². The van der Waals surface area contributed by atoms with E-state index >= 15 is 0 Å². The van der Waals surface area contributed by atoms with Crippen molar-refractivity contribution < 1.29 is 18.3 Å². The molecular weight excluding hydrogens is 330 g/mol. The molecule has 0 spiro atoms. The fraction of sp³-hybridized carbons (Fsp3) is 0.200. The maximum Gasteiger partial charge on any atom is 0.146 e. The minimum absolute atomic E-state index is 0.100. The molecule has 0 aromatic heterocycles. The van der Waals surface area contributed by atoms with Gasteiger partial charge in [-0.05, 0) is 45.8 Å². The van der Waals surface area contributed by atoms with Crippen LogP contribution in [0.3, 0.4) is 0 Å². The van der Waals surface area contributed by atoms with Crippen molar-refractivity contribution in [1.82, 2.24) is 0 Å². The quantitative estimate of drug-likeness (QED) is 0.747. The molecule has 5 heteroatoms. The Bertz CT molecular complexity index is 602. The zero-order valence-corrected chi connectivity index (χ0v) is 12.4. The van der Waals surface area contributed by atoms with Crippen molar-refractivity contribution in [1.29, 1.82) is 0 Å². The third-order valence-electron chi connectivity index (χ3n) is 2.73. The number of hydrogen-bond acceptors (Lipinski definition) is 2. The number of hydrogen-bond donors (Lipinski definition) is 0. The molecule has 0 amide bonds. The fourth-order valence-electron chi connectivity index (χ4n) is 1.75. The van der Waals surface area contributed by atoms with Crippen LogP contribution < -0.4 is 4.74 Å². The van der Waals surface area contributed by atoms with E-state index in [0.717, 1.165) is 5.56 Å².